The van der Waals surface area contributed by atoms with Gasteiger partial charge in [-0.1, -0.05) is 25.0 Å². The van der Waals surface area contributed by atoms with Gasteiger partial charge in [-0.2, -0.15) is 5.10 Å². The Morgan fingerprint density at radius 2 is 2.00 bits per heavy atom. The number of aryl methyl sites for hydroxylation is 1. The molecule has 1 heterocycles. The number of rotatable bonds is 6. The summed E-state index contributed by atoms with van der Waals surface area (Å²) in [5.41, 5.74) is 0.892. The van der Waals surface area contributed by atoms with Crippen molar-refractivity contribution >= 4 is 17.6 Å². The van der Waals surface area contributed by atoms with Crippen LogP contribution in [0.15, 0.2) is 30.5 Å². The van der Waals surface area contributed by atoms with E-state index in [4.69, 9.17) is 0 Å². The maximum Gasteiger partial charge on any atom is 0.254 e. The third kappa shape index (κ3) is 4.09. The van der Waals surface area contributed by atoms with Gasteiger partial charge in [0.2, 0.25) is 5.91 Å². The standard InChI is InChI=1S/C19H23FN4O2/c1-13-12-22-24(14-6-2-3-7-14)18(13)23-17(25)10-11-21-19(26)15-8-4-5-9-16(15)20/h4-5,8-9,12,14H,2-3,6-7,10-11H2,1H3,(H,21,26)(H,23,25). The van der Waals surface area contributed by atoms with Crippen molar-refractivity contribution in [1.82, 2.24) is 15.1 Å². The van der Waals surface area contributed by atoms with Crippen LogP contribution in [0, 0.1) is 12.7 Å². The van der Waals surface area contributed by atoms with Crippen molar-refractivity contribution in [3.63, 3.8) is 0 Å². The topological polar surface area (TPSA) is 76.0 Å². The Hall–Kier alpha value is -2.70. The fourth-order valence-corrected chi connectivity index (χ4v) is 3.25. The van der Waals surface area contributed by atoms with Crippen LogP contribution in [0.3, 0.4) is 0 Å². The van der Waals surface area contributed by atoms with E-state index >= 15 is 0 Å². The zero-order valence-electron chi connectivity index (χ0n) is 14.8. The van der Waals surface area contributed by atoms with Crippen LogP contribution in [0.2, 0.25) is 0 Å². The maximum absolute atomic E-state index is 13.6. The summed E-state index contributed by atoms with van der Waals surface area (Å²) in [5, 5.41) is 9.87. The minimum absolute atomic E-state index is 0.0249. The van der Waals surface area contributed by atoms with Crippen LogP contribution in [-0.2, 0) is 4.79 Å². The molecule has 0 saturated heterocycles. The van der Waals surface area contributed by atoms with Crippen LogP contribution >= 0.6 is 0 Å². The number of hydrogen-bond donors (Lipinski definition) is 2. The lowest BCUT2D eigenvalue weighted by atomic mass is 10.2. The second-order valence-corrected chi connectivity index (χ2v) is 6.59. The lowest BCUT2D eigenvalue weighted by Gasteiger charge is -2.15. The molecule has 1 fully saturated rings. The highest BCUT2D eigenvalue weighted by Crippen LogP contribution is 2.32. The number of halogens is 1. The van der Waals surface area contributed by atoms with E-state index in [9.17, 15) is 14.0 Å². The van der Waals surface area contributed by atoms with Gasteiger partial charge in [-0.25, -0.2) is 9.07 Å². The molecule has 138 valence electrons. The smallest absolute Gasteiger partial charge is 0.254 e. The molecule has 1 saturated carbocycles. The van der Waals surface area contributed by atoms with E-state index in [0.29, 0.717) is 6.04 Å². The molecule has 0 atom stereocenters. The second-order valence-electron chi connectivity index (χ2n) is 6.59. The van der Waals surface area contributed by atoms with Crippen molar-refractivity contribution in [2.75, 3.05) is 11.9 Å². The molecule has 2 aromatic rings. The van der Waals surface area contributed by atoms with E-state index in [1.165, 1.54) is 31.0 Å². The summed E-state index contributed by atoms with van der Waals surface area (Å²) in [7, 11) is 0. The molecule has 0 bridgehead atoms. The maximum atomic E-state index is 13.6. The number of benzene rings is 1. The summed E-state index contributed by atoms with van der Waals surface area (Å²) in [6.45, 7) is 2.05. The number of hydrogen-bond acceptors (Lipinski definition) is 3. The largest absolute Gasteiger partial charge is 0.351 e. The van der Waals surface area contributed by atoms with Gasteiger partial charge < -0.3 is 10.6 Å². The Labute approximate surface area is 151 Å². The summed E-state index contributed by atoms with van der Waals surface area (Å²) >= 11 is 0. The molecule has 0 unspecified atom stereocenters. The van der Waals surface area contributed by atoms with Gasteiger partial charge in [0.15, 0.2) is 0 Å². The highest BCUT2D eigenvalue weighted by atomic mass is 19.1. The highest BCUT2D eigenvalue weighted by Gasteiger charge is 2.22. The van der Waals surface area contributed by atoms with Crippen LogP contribution in [0.5, 0.6) is 0 Å². The Morgan fingerprint density at radius 3 is 2.73 bits per heavy atom. The summed E-state index contributed by atoms with van der Waals surface area (Å²) in [5.74, 6) is -0.586. The first kappa shape index (κ1) is 18.1. The number of carbonyl (C=O) groups is 2. The van der Waals surface area contributed by atoms with Gasteiger partial charge in [-0.15, -0.1) is 0 Å². The van der Waals surface area contributed by atoms with E-state index in [0.717, 1.165) is 24.2 Å². The third-order valence-electron chi connectivity index (χ3n) is 4.66. The van der Waals surface area contributed by atoms with Gasteiger partial charge in [0, 0.05) is 18.5 Å². The average Bonchev–Trinajstić information content (AvgIpc) is 3.26. The molecular formula is C19H23FN4O2. The second kappa shape index (κ2) is 8.12. The Kier molecular flexibility index (Phi) is 5.65. The summed E-state index contributed by atoms with van der Waals surface area (Å²) < 4.78 is 15.5. The van der Waals surface area contributed by atoms with Crippen molar-refractivity contribution in [2.24, 2.45) is 0 Å². The lowest BCUT2D eigenvalue weighted by Crippen LogP contribution is -2.28. The molecular weight excluding hydrogens is 335 g/mol. The van der Waals surface area contributed by atoms with Crippen LogP contribution < -0.4 is 10.6 Å². The summed E-state index contributed by atoms with van der Waals surface area (Å²) in [6, 6.07) is 6.09. The van der Waals surface area contributed by atoms with Crippen LogP contribution in [0.1, 0.15) is 54.1 Å². The number of nitrogens with one attached hydrogen (secondary N) is 2. The number of nitrogens with zero attached hydrogens (tertiary/aromatic N) is 2. The molecule has 7 heteroatoms. The van der Waals surface area contributed by atoms with Crippen molar-refractivity contribution in [1.29, 1.82) is 0 Å². The molecule has 1 aromatic carbocycles. The number of amides is 2. The monoisotopic (exact) mass is 358 g/mol. The number of carbonyl (C=O) groups excluding carboxylic acids is 2. The Bertz CT molecular complexity index is 797. The fourth-order valence-electron chi connectivity index (χ4n) is 3.25. The molecule has 1 aliphatic carbocycles. The Morgan fingerprint density at radius 1 is 1.27 bits per heavy atom. The number of anilines is 1. The summed E-state index contributed by atoms with van der Waals surface area (Å²) in [6.07, 6.45) is 6.37. The third-order valence-corrected chi connectivity index (χ3v) is 4.66. The van der Waals surface area contributed by atoms with Crippen LogP contribution in [-0.4, -0.2) is 28.1 Å². The normalized spacial score (nSPS) is 14.4. The van der Waals surface area contributed by atoms with Crippen molar-refractivity contribution < 1.29 is 14.0 Å². The molecule has 2 N–H and O–H groups in total. The molecule has 0 radical (unpaired) electrons. The van der Waals surface area contributed by atoms with E-state index in [1.807, 2.05) is 11.6 Å². The zero-order valence-corrected chi connectivity index (χ0v) is 14.8. The van der Waals surface area contributed by atoms with Crippen molar-refractivity contribution in [2.45, 2.75) is 45.1 Å². The summed E-state index contributed by atoms with van der Waals surface area (Å²) in [4.78, 5) is 24.2. The number of aromatic nitrogens is 2. The van der Waals surface area contributed by atoms with Gasteiger partial charge in [-0.3, -0.25) is 9.59 Å². The fraction of sp³-hybridized carbons (Fsp3) is 0.421. The van der Waals surface area contributed by atoms with Crippen molar-refractivity contribution in [3.8, 4) is 0 Å². The molecule has 2 amide bonds. The van der Waals surface area contributed by atoms with Gasteiger partial charge >= 0.3 is 0 Å². The average molecular weight is 358 g/mol. The minimum atomic E-state index is -0.578. The van der Waals surface area contributed by atoms with Gasteiger partial charge in [0.1, 0.15) is 11.6 Å². The molecule has 1 aromatic heterocycles. The Balaban J connectivity index is 1.53. The first-order chi connectivity index (χ1) is 12.6. The van der Waals surface area contributed by atoms with Crippen molar-refractivity contribution in [3.05, 3.63) is 47.4 Å². The zero-order chi connectivity index (χ0) is 18.5. The first-order valence-electron chi connectivity index (χ1n) is 8.93. The van der Waals surface area contributed by atoms with Gasteiger partial charge in [0.05, 0.1) is 17.8 Å². The predicted octanol–water partition coefficient (Wildman–Crippen LogP) is 3.20. The molecule has 3 rings (SSSR count). The quantitative estimate of drug-likeness (QED) is 0.832. The first-order valence-corrected chi connectivity index (χ1v) is 8.93. The molecule has 6 nitrogen and oxygen atoms in total. The van der Waals surface area contributed by atoms with Crippen LogP contribution in [0.25, 0.3) is 0 Å². The predicted molar refractivity (Wildman–Crippen MR) is 96.4 cm³/mol. The van der Waals surface area contributed by atoms with E-state index in [2.05, 4.69) is 15.7 Å². The van der Waals surface area contributed by atoms with E-state index < -0.39 is 11.7 Å². The van der Waals surface area contributed by atoms with Gasteiger partial charge in [0.25, 0.3) is 5.91 Å². The molecule has 0 spiro atoms. The molecule has 1 aliphatic rings. The lowest BCUT2D eigenvalue weighted by molar-refractivity contribution is -0.116. The van der Waals surface area contributed by atoms with Gasteiger partial charge in [-0.05, 0) is 31.9 Å². The molecule has 26 heavy (non-hydrogen) atoms. The van der Waals surface area contributed by atoms with Crippen LogP contribution in [0.4, 0.5) is 10.2 Å². The minimum Gasteiger partial charge on any atom is -0.351 e. The SMILES string of the molecule is Cc1cnn(C2CCCC2)c1NC(=O)CCNC(=O)c1ccccc1F. The van der Waals surface area contributed by atoms with E-state index in [-0.39, 0.29) is 24.4 Å². The molecule has 0 aliphatic heterocycles. The van der Waals surface area contributed by atoms with E-state index in [1.54, 1.807) is 12.3 Å². The highest BCUT2D eigenvalue weighted by molar-refractivity contribution is 5.95.